The third kappa shape index (κ3) is 3.62. The van der Waals surface area contributed by atoms with Crippen molar-refractivity contribution in [3.05, 3.63) is 51.8 Å². The van der Waals surface area contributed by atoms with Crippen molar-refractivity contribution >= 4 is 11.9 Å². The monoisotopic (exact) mass is 328 g/mol. The number of benzene rings is 1. The highest BCUT2D eigenvalue weighted by Gasteiger charge is 2.13. The van der Waals surface area contributed by atoms with E-state index in [0.29, 0.717) is 11.5 Å². The zero-order valence-electron chi connectivity index (χ0n) is 13.8. The molecule has 3 rings (SSSR count). The van der Waals surface area contributed by atoms with Crippen LogP contribution >= 0.6 is 0 Å². The quantitative estimate of drug-likeness (QED) is 0.490. The average molecular weight is 328 g/mol. The minimum absolute atomic E-state index is 0.0830. The van der Waals surface area contributed by atoms with Gasteiger partial charge in [0, 0.05) is 43.9 Å². The van der Waals surface area contributed by atoms with E-state index in [2.05, 4.69) is 17.0 Å². The van der Waals surface area contributed by atoms with Gasteiger partial charge in [-0.25, -0.2) is 0 Å². The molecule has 7 nitrogen and oxygen atoms in total. The molecular formula is C17H20N4O3. The van der Waals surface area contributed by atoms with Gasteiger partial charge < -0.3 is 9.32 Å². The predicted molar refractivity (Wildman–Crippen MR) is 92.2 cm³/mol. The normalized spacial score (nSPS) is 16.0. The van der Waals surface area contributed by atoms with E-state index in [1.807, 2.05) is 24.1 Å². The van der Waals surface area contributed by atoms with Crippen LogP contribution in [0, 0.1) is 17.0 Å². The number of nitro benzene ring substituents is 1. The van der Waals surface area contributed by atoms with Crippen molar-refractivity contribution < 1.29 is 9.34 Å². The molecule has 1 fully saturated rings. The van der Waals surface area contributed by atoms with Gasteiger partial charge in [-0.3, -0.25) is 15.1 Å². The number of piperazine rings is 1. The van der Waals surface area contributed by atoms with Gasteiger partial charge in [0.05, 0.1) is 11.1 Å². The van der Waals surface area contributed by atoms with Crippen LogP contribution in [0.2, 0.25) is 0 Å². The van der Waals surface area contributed by atoms with Crippen LogP contribution in [0.1, 0.15) is 11.3 Å². The van der Waals surface area contributed by atoms with Gasteiger partial charge in [-0.05, 0) is 37.7 Å². The molecule has 0 radical (unpaired) electrons. The highest BCUT2D eigenvalue weighted by molar-refractivity contribution is 5.77. The molecule has 7 heteroatoms. The van der Waals surface area contributed by atoms with Crippen molar-refractivity contribution in [1.82, 2.24) is 9.91 Å². The SMILES string of the molecule is Cc1cc([N+](=O)[O-])ccc1-c1ccc(/C=N/N2CCN(C)CC2)o1. The number of rotatable bonds is 4. The van der Waals surface area contributed by atoms with Gasteiger partial charge in [0.25, 0.3) is 5.69 Å². The first-order chi connectivity index (χ1) is 11.5. The zero-order chi connectivity index (χ0) is 17.1. The van der Waals surface area contributed by atoms with Crippen molar-refractivity contribution in [2.24, 2.45) is 5.10 Å². The molecule has 0 unspecified atom stereocenters. The molecule has 1 aromatic heterocycles. The molecule has 24 heavy (non-hydrogen) atoms. The molecule has 0 bridgehead atoms. The molecule has 1 aliphatic heterocycles. The number of non-ortho nitro benzene ring substituents is 1. The Kier molecular flexibility index (Phi) is 4.61. The fourth-order valence-corrected chi connectivity index (χ4v) is 2.65. The zero-order valence-corrected chi connectivity index (χ0v) is 13.8. The summed E-state index contributed by atoms with van der Waals surface area (Å²) >= 11 is 0. The van der Waals surface area contributed by atoms with Crippen LogP contribution in [0.3, 0.4) is 0 Å². The van der Waals surface area contributed by atoms with Crippen LogP contribution in [-0.2, 0) is 0 Å². The molecule has 126 valence electrons. The average Bonchev–Trinajstić information content (AvgIpc) is 3.03. The Hall–Kier alpha value is -2.67. The largest absolute Gasteiger partial charge is 0.455 e. The van der Waals surface area contributed by atoms with E-state index in [9.17, 15) is 10.1 Å². The van der Waals surface area contributed by atoms with Crippen LogP contribution in [0.4, 0.5) is 5.69 Å². The van der Waals surface area contributed by atoms with Crippen molar-refractivity contribution in [1.29, 1.82) is 0 Å². The summed E-state index contributed by atoms with van der Waals surface area (Å²) in [7, 11) is 2.10. The number of nitrogens with zero attached hydrogens (tertiary/aromatic N) is 4. The lowest BCUT2D eigenvalue weighted by atomic mass is 10.1. The van der Waals surface area contributed by atoms with Crippen molar-refractivity contribution in [3.63, 3.8) is 0 Å². The maximum Gasteiger partial charge on any atom is 0.269 e. The maximum atomic E-state index is 10.8. The number of nitro groups is 1. The van der Waals surface area contributed by atoms with Crippen LogP contribution in [0.25, 0.3) is 11.3 Å². The third-order valence-corrected chi connectivity index (χ3v) is 4.14. The molecular weight excluding hydrogens is 308 g/mol. The molecule has 2 aromatic rings. The van der Waals surface area contributed by atoms with E-state index in [1.165, 1.54) is 6.07 Å². The summed E-state index contributed by atoms with van der Waals surface area (Å²) in [5.74, 6) is 1.35. The predicted octanol–water partition coefficient (Wildman–Crippen LogP) is 2.74. The smallest absolute Gasteiger partial charge is 0.269 e. The van der Waals surface area contributed by atoms with Crippen LogP contribution < -0.4 is 0 Å². The summed E-state index contributed by atoms with van der Waals surface area (Å²) in [5.41, 5.74) is 1.74. The maximum absolute atomic E-state index is 10.8. The number of aryl methyl sites for hydroxylation is 1. The van der Waals surface area contributed by atoms with Gasteiger partial charge in [-0.2, -0.15) is 5.10 Å². The number of hydrazone groups is 1. The minimum Gasteiger partial charge on any atom is -0.455 e. The van der Waals surface area contributed by atoms with E-state index in [1.54, 1.807) is 18.3 Å². The summed E-state index contributed by atoms with van der Waals surface area (Å²) in [6.45, 7) is 5.65. The number of hydrogen-bond acceptors (Lipinski definition) is 6. The topological polar surface area (TPSA) is 75.1 Å². The molecule has 0 aliphatic carbocycles. The molecule has 0 amide bonds. The fourth-order valence-electron chi connectivity index (χ4n) is 2.65. The van der Waals surface area contributed by atoms with E-state index >= 15 is 0 Å². The summed E-state index contributed by atoms with van der Waals surface area (Å²) in [6, 6.07) is 8.47. The molecule has 0 N–H and O–H groups in total. The Morgan fingerprint density at radius 3 is 2.62 bits per heavy atom. The molecule has 0 spiro atoms. The Labute approximate surface area is 140 Å². The van der Waals surface area contributed by atoms with Crippen molar-refractivity contribution in [2.45, 2.75) is 6.92 Å². The summed E-state index contributed by atoms with van der Waals surface area (Å²) in [4.78, 5) is 12.7. The van der Waals surface area contributed by atoms with Crippen LogP contribution in [0.5, 0.6) is 0 Å². The molecule has 1 saturated heterocycles. The summed E-state index contributed by atoms with van der Waals surface area (Å²) in [5, 5.41) is 17.3. The van der Waals surface area contributed by atoms with E-state index in [0.717, 1.165) is 37.3 Å². The standard InChI is InChI=1S/C17H20N4O3/c1-13-11-14(21(22)23)3-5-16(13)17-6-4-15(24-17)12-18-20-9-7-19(2)8-10-20/h3-6,11-12H,7-10H2,1-2H3/b18-12+. The second-order valence-electron chi connectivity index (χ2n) is 5.96. The van der Waals surface area contributed by atoms with Gasteiger partial charge in [0.1, 0.15) is 11.5 Å². The van der Waals surface area contributed by atoms with Crippen molar-refractivity contribution in [3.8, 4) is 11.3 Å². The first-order valence-electron chi connectivity index (χ1n) is 7.85. The first-order valence-corrected chi connectivity index (χ1v) is 7.85. The number of furan rings is 1. The third-order valence-electron chi connectivity index (χ3n) is 4.14. The Morgan fingerprint density at radius 2 is 1.96 bits per heavy atom. The highest BCUT2D eigenvalue weighted by atomic mass is 16.6. The Morgan fingerprint density at radius 1 is 1.21 bits per heavy atom. The van der Waals surface area contributed by atoms with E-state index in [4.69, 9.17) is 4.42 Å². The first kappa shape index (κ1) is 16.2. The van der Waals surface area contributed by atoms with Crippen molar-refractivity contribution in [2.75, 3.05) is 33.2 Å². The van der Waals surface area contributed by atoms with Crippen LogP contribution in [0.15, 0.2) is 39.9 Å². The number of likely N-dealkylation sites (N-methyl/N-ethyl adjacent to an activating group) is 1. The highest BCUT2D eigenvalue weighted by Crippen LogP contribution is 2.28. The lowest BCUT2D eigenvalue weighted by Gasteiger charge is -2.30. The second kappa shape index (κ2) is 6.84. The summed E-state index contributed by atoms with van der Waals surface area (Å²) in [6.07, 6.45) is 1.72. The van der Waals surface area contributed by atoms with Crippen LogP contribution in [-0.4, -0.2) is 54.3 Å². The molecule has 1 aromatic carbocycles. The van der Waals surface area contributed by atoms with Gasteiger partial charge in [0.15, 0.2) is 0 Å². The minimum atomic E-state index is -0.396. The Bertz CT molecular complexity index is 761. The molecule has 2 heterocycles. The fraction of sp³-hybridized carbons (Fsp3) is 0.353. The second-order valence-corrected chi connectivity index (χ2v) is 5.96. The van der Waals surface area contributed by atoms with Gasteiger partial charge in [-0.15, -0.1) is 0 Å². The Balaban J connectivity index is 1.72. The van der Waals surface area contributed by atoms with Gasteiger partial charge >= 0.3 is 0 Å². The molecule has 1 aliphatic rings. The van der Waals surface area contributed by atoms with Gasteiger partial charge in [-0.1, -0.05) is 0 Å². The number of hydrogen-bond donors (Lipinski definition) is 0. The lowest BCUT2D eigenvalue weighted by Crippen LogP contribution is -2.41. The van der Waals surface area contributed by atoms with E-state index < -0.39 is 4.92 Å². The van der Waals surface area contributed by atoms with E-state index in [-0.39, 0.29) is 5.69 Å². The lowest BCUT2D eigenvalue weighted by molar-refractivity contribution is -0.384. The summed E-state index contributed by atoms with van der Waals surface area (Å²) < 4.78 is 5.81. The molecule has 0 atom stereocenters. The van der Waals surface area contributed by atoms with Gasteiger partial charge in [0.2, 0.25) is 0 Å². The molecule has 0 saturated carbocycles.